The molecule has 1 aliphatic heterocycles. The summed E-state index contributed by atoms with van der Waals surface area (Å²) in [5.41, 5.74) is 1.94. The molecule has 0 radical (unpaired) electrons. The van der Waals surface area contributed by atoms with Gasteiger partial charge >= 0.3 is 0 Å². The maximum absolute atomic E-state index is 12.6. The molecule has 6 heteroatoms. The Morgan fingerprint density at radius 2 is 2.04 bits per heavy atom. The van der Waals surface area contributed by atoms with E-state index in [1.165, 1.54) is 0 Å². The molecule has 1 atom stereocenters. The number of H-pyrrole nitrogens is 1. The lowest BCUT2D eigenvalue weighted by Gasteiger charge is -2.23. The van der Waals surface area contributed by atoms with E-state index in [-0.39, 0.29) is 18.6 Å². The minimum absolute atomic E-state index is 0.00609. The number of rotatable bonds is 4. The quantitative estimate of drug-likeness (QED) is 0.719. The van der Waals surface area contributed by atoms with Gasteiger partial charge in [-0.2, -0.15) is 0 Å². The maximum Gasteiger partial charge on any atom is 0.261 e. The van der Waals surface area contributed by atoms with Crippen LogP contribution in [-0.2, 0) is 4.79 Å². The summed E-state index contributed by atoms with van der Waals surface area (Å²) < 4.78 is 6.62. The first-order chi connectivity index (χ1) is 12.2. The number of hydrogen-bond donors (Lipinski definition) is 1. The lowest BCUT2D eigenvalue weighted by atomic mass is 10.2. The lowest BCUT2D eigenvalue weighted by Crippen LogP contribution is -2.34. The molecule has 1 aliphatic rings. The zero-order valence-corrected chi connectivity index (χ0v) is 15.2. The number of imidazole rings is 1. The number of likely N-dealkylation sites (tertiary alicyclic amines) is 1. The van der Waals surface area contributed by atoms with Crippen molar-refractivity contribution in [3.8, 4) is 5.75 Å². The second-order valence-electron chi connectivity index (χ2n) is 6.13. The normalized spacial score (nSPS) is 17.2. The van der Waals surface area contributed by atoms with Gasteiger partial charge in [-0.25, -0.2) is 4.98 Å². The molecule has 1 amide bonds. The van der Waals surface area contributed by atoms with Crippen LogP contribution in [0.4, 0.5) is 0 Å². The first-order valence-corrected chi connectivity index (χ1v) is 9.12. The highest BCUT2D eigenvalue weighted by atomic mass is 79.9. The number of benzene rings is 2. The van der Waals surface area contributed by atoms with Crippen molar-refractivity contribution < 1.29 is 9.53 Å². The molecule has 3 aromatic rings. The van der Waals surface area contributed by atoms with E-state index in [0.29, 0.717) is 5.75 Å². The first-order valence-electron chi connectivity index (χ1n) is 8.33. The van der Waals surface area contributed by atoms with Crippen LogP contribution in [0.1, 0.15) is 24.7 Å². The average Bonchev–Trinajstić information content (AvgIpc) is 3.27. The third-order valence-electron chi connectivity index (χ3n) is 4.47. The Kier molecular flexibility index (Phi) is 4.44. The number of hydrogen-bond acceptors (Lipinski definition) is 3. The molecule has 5 nitrogen and oxygen atoms in total. The van der Waals surface area contributed by atoms with Gasteiger partial charge in [0.1, 0.15) is 11.6 Å². The number of amides is 1. The van der Waals surface area contributed by atoms with Gasteiger partial charge in [0.15, 0.2) is 6.61 Å². The van der Waals surface area contributed by atoms with Crippen LogP contribution in [0.15, 0.2) is 53.0 Å². The van der Waals surface area contributed by atoms with Crippen molar-refractivity contribution in [2.24, 2.45) is 0 Å². The lowest BCUT2D eigenvalue weighted by molar-refractivity contribution is -0.134. The molecular formula is C19H18BrN3O2. The molecule has 0 bridgehead atoms. The van der Waals surface area contributed by atoms with E-state index in [0.717, 1.165) is 40.7 Å². The van der Waals surface area contributed by atoms with Gasteiger partial charge in [-0.1, -0.05) is 28.1 Å². The molecule has 1 N–H and O–H groups in total. The number of aromatic nitrogens is 2. The average molecular weight is 400 g/mol. The Hall–Kier alpha value is -2.34. The van der Waals surface area contributed by atoms with Crippen LogP contribution in [0, 0.1) is 0 Å². The molecule has 1 saturated heterocycles. The SMILES string of the molecule is O=C(COc1ccc(Br)cc1)N1CCC[C@@H]1c1nc2ccccc2[nH]1. The van der Waals surface area contributed by atoms with Crippen LogP contribution >= 0.6 is 15.9 Å². The van der Waals surface area contributed by atoms with Crippen molar-refractivity contribution in [2.45, 2.75) is 18.9 Å². The Balaban J connectivity index is 1.46. The smallest absolute Gasteiger partial charge is 0.261 e. The summed E-state index contributed by atoms with van der Waals surface area (Å²) in [5.74, 6) is 1.54. The molecule has 2 heterocycles. The number of nitrogens with one attached hydrogen (secondary N) is 1. The minimum Gasteiger partial charge on any atom is -0.484 e. The molecule has 0 saturated carbocycles. The number of carbonyl (C=O) groups excluding carboxylic acids is 1. The predicted molar refractivity (Wildman–Crippen MR) is 99.4 cm³/mol. The van der Waals surface area contributed by atoms with Gasteiger partial charge in [-0.15, -0.1) is 0 Å². The fourth-order valence-electron chi connectivity index (χ4n) is 3.24. The summed E-state index contributed by atoms with van der Waals surface area (Å²) in [6.45, 7) is 0.780. The predicted octanol–water partition coefficient (Wildman–Crippen LogP) is 4.07. The van der Waals surface area contributed by atoms with E-state index in [4.69, 9.17) is 4.74 Å². The maximum atomic E-state index is 12.6. The number of para-hydroxylation sites is 2. The molecular weight excluding hydrogens is 382 g/mol. The number of carbonyl (C=O) groups is 1. The summed E-state index contributed by atoms with van der Waals surface area (Å²) in [6.07, 6.45) is 1.90. The Bertz CT molecular complexity index is 858. The topological polar surface area (TPSA) is 58.2 Å². The van der Waals surface area contributed by atoms with E-state index >= 15 is 0 Å². The molecule has 2 aromatic carbocycles. The minimum atomic E-state index is -0.00845. The van der Waals surface area contributed by atoms with E-state index in [9.17, 15) is 4.79 Å². The molecule has 1 aromatic heterocycles. The summed E-state index contributed by atoms with van der Waals surface area (Å²) in [7, 11) is 0. The Morgan fingerprint density at radius 1 is 1.24 bits per heavy atom. The molecule has 0 aliphatic carbocycles. The van der Waals surface area contributed by atoms with Crippen molar-refractivity contribution >= 4 is 32.9 Å². The van der Waals surface area contributed by atoms with Crippen molar-refractivity contribution in [2.75, 3.05) is 13.2 Å². The van der Waals surface area contributed by atoms with Gasteiger partial charge in [-0.3, -0.25) is 4.79 Å². The van der Waals surface area contributed by atoms with Gasteiger partial charge in [0.05, 0.1) is 17.1 Å². The molecule has 0 spiro atoms. The third-order valence-corrected chi connectivity index (χ3v) is 5.00. The third kappa shape index (κ3) is 3.39. The Labute approximate surface area is 154 Å². The van der Waals surface area contributed by atoms with Crippen molar-refractivity contribution in [1.29, 1.82) is 0 Å². The van der Waals surface area contributed by atoms with Gasteiger partial charge in [0.2, 0.25) is 0 Å². The zero-order chi connectivity index (χ0) is 17.2. The fraction of sp³-hybridized carbons (Fsp3) is 0.263. The number of fused-ring (bicyclic) bond motifs is 1. The largest absolute Gasteiger partial charge is 0.484 e. The molecule has 1 fully saturated rings. The van der Waals surface area contributed by atoms with E-state index in [2.05, 4.69) is 25.9 Å². The van der Waals surface area contributed by atoms with E-state index < -0.39 is 0 Å². The molecule has 4 rings (SSSR count). The van der Waals surface area contributed by atoms with Gasteiger partial charge < -0.3 is 14.6 Å². The summed E-state index contributed by atoms with van der Waals surface area (Å²) in [5, 5.41) is 0. The summed E-state index contributed by atoms with van der Waals surface area (Å²) in [6, 6.07) is 15.4. The summed E-state index contributed by atoms with van der Waals surface area (Å²) >= 11 is 3.39. The number of ether oxygens (including phenoxy) is 1. The van der Waals surface area contributed by atoms with Crippen LogP contribution in [-0.4, -0.2) is 33.9 Å². The van der Waals surface area contributed by atoms with Crippen LogP contribution < -0.4 is 4.74 Å². The van der Waals surface area contributed by atoms with Crippen molar-refractivity contribution in [1.82, 2.24) is 14.9 Å². The van der Waals surface area contributed by atoms with Gasteiger partial charge in [0.25, 0.3) is 5.91 Å². The Morgan fingerprint density at radius 3 is 2.84 bits per heavy atom. The fourth-order valence-corrected chi connectivity index (χ4v) is 3.50. The van der Waals surface area contributed by atoms with Crippen molar-refractivity contribution in [3.63, 3.8) is 0 Å². The standard InChI is InChI=1S/C19H18BrN3O2/c20-13-7-9-14(10-8-13)25-12-18(24)23-11-3-6-17(23)19-21-15-4-1-2-5-16(15)22-19/h1-2,4-5,7-10,17H,3,6,11-12H2,(H,21,22)/t17-/m1/s1. The molecule has 128 valence electrons. The van der Waals surface area contributed by atoms with E-state index in [1.807, 2.05) is 53.4 Å². The first kappa shape index (κ1) is 16.1. The monoisotopic (exact) mass is 399 g/mol. The summed E-state index contributed by atoms with van der Waals surface area (Å²) in [4.78, 5) is 22.5. The molecule has 25 heavy (non-hydrogen) atoms. The highest BCUT2D eigenvalue weighted by Gasteiger charge is 2.32. The van der Waals surface area contributed by atoms with Crippen LogP contribution in [0.5, 0.6) is 5.75 Å². The highest BCUT2D eigenvalue weighted by molar-refractivity contribution is 9.10. The number of nitrogens with zero attached hydrogens (tertiary/aromatic N) is 2. The van der Waals surface area contributed by atoms with Crippen LogP contribution in [0.3, 0.4) is 0 Å². The van der Waals surface area contributed by atoms with Gasteiger partial charge in [-0.05, 0) is 49.2 Å². The molecule has 0 unspecified atom stereocenters. The second-order valence-corrected chi connectivity index (χ2v) is 7.04. The number of halogens is 1. The zero-order valence-electron chi connectivity index (χ0n) is 13.6. The number of aromatic amines is 1. The highest BCUT2D eigenvalue weighted by Crippen LogP contribution is 2.31. The van der Waals surface area contributed by atoms with Crippen molar-refractivity contribution in [3.05, 3.63) is 58.8 Å². The van der Waals surface area contributed by atoms with E-state index in [1.54, 1.807) is 0 Å². The van der Waals surface area contributed by atoms with Gasteiger partial charge in [0, 0.05) is 11.0 Å². The second kappa shape index (κ2) is 6.88. The van der Waals surface area contributed by atoms with Crippen LogP contribution in [0.2, 0.25) is 0 Å². The van der Waals surface area contributed by atoms with Crippen LogP contribution in [0.25, 0.3) is 11.0 Å².